The molecule has 0 fully saturated rings. The number of hydrogen-bond acceptors (Lipinski definition) is 3. The van der Waals surface area contributed by atoms with Crippen LogP contribution < -0.4 is 16.0 Å². The quantitative estimate of drug-likeness (QED) is 0.102. The Labute approximate surface area is 535 Å². The molecule has 0 unspecified atom stereocenters. The fourth-order valence-electron chi connectivity index (χ4n) is 11.3. The maximum Gasteiger partial charge on any atom is 0.0463 e. The summed E-state index contributed by atoms with van der Waals surface area (Å²) in [6, 6.07) is 136. The van der Waals surface area contributed by atoms with E-state index in [2.05, 4.69) is 356 Å². The predicted molar refractivity (Wildman–Crippen MR) is 389 cm³/mol. The first-order valence-corrected chi connectivity index (χ1v) is 30.9. The molecule has 0 aliphatic rings. The van der Waals surface area contributed by atoms with Crippen molar-refractivity contribution in [2.45, 2.75) is 0 Å². The zero-order valence-corrected chi connectivity index (χ0v) is 50.5. The summed E-state index contributed by atoms with van der Waals surface area (Å²) in [4.78, 5) is 0. The van der Waals surface area contributed by atoms with Crippen LogP contribution in [0.2, 0.25) is 0 Å². The van der Waals surface area contributed by atoms with Crippen molar-refractivity contribution < 1.29 is 0 Å². The molecular weight excluding hydrogens is 1100 g/mol. The summed E-state index contributed by atoms with van der Waals surface area (Å²) in [6.45, 7) is 0. The standard InChI is InChI=1S/2C30H23N.C28H21N/c1-4-10-23(11-5-1)26-20-27(24-12-6-2-7-13-24)22-28(21-26)25-16-18-30(19-17-25)31-29-14-8-3-9-15-29;1-3-7-23(8-4-1)24-11-13-25(14-12-24)26-15-17-27(18-16-26)28-19-21-30(22-20-28)31-29-9-5-2-6-10-29;1-2-7-21(8-3-1)22-13-15-23(16-14-22)24-17-19-26(20-18-24)29-28-12-6-10-25-9-4-5-11-27(25)28/h2*1-22,31H;1-20,29H. The van der Waals surface area contributed by atoms with Crippen LogP contribution in [0.3, 0.4) is 0 Å². The molecule has 0 aromatic heterocycles. The second-order valence-electron chi connectivity index (χ2n) is 22.4. The highest BCUT2D eigenvalue weighted by atomic mass is 14.9. The first-order chi connectivity index (χ1) is 45.1. The van der Waals surface area contributed by atoms with Gasteiger partial charge >= 0.3 is 0 Å². The fourth-order valence-corrected chi connectivity index (χ4v) is 11.3. The molecule has 15 aromatic rings. The summed E-state index contributed by atoms with van der Waals surface area (Å²) < 4.78 is 0. The van der Waals surface area contributed by atoms with E-state index in [0.717, 1.165) is 34.1 Å². The number of hydrogen-bond donors (Lipinski definition) is 3. The van der Waals surface area contributed by atoms with Crippen molar-refractivity contribution in [1.29, 1.82) is 0 Å². The van der Waals surface area contributed by atoms with Gasteiger partial charge in [-0.15, -0.1) is 0 Å². The number of fused-ring (bicyclic) bond motifs is 1. The third-order valence-electron chi connectivity index (χ3n) is 16.2. The van der Waals surface area contributed by atoms with Crippen LogP contribution in [0.1, 0.15) is 0 Å². The molecule has 91 heavy (non-hydrogen) atoms. The van der Waals surface area contributed by atoms with Crippen molar-refractivity contribution in [1.82, 2.24) is 0 Å². The Kier molecular flexibility index (Phi) is 18.3. The topological polar surface area (TPSA) is 36.1 Å². The molecular formula is C88H67N3. The van der Waals surface area contributed by atoms with Crippen LogP contribution in [0.5, 0.6) is 0 Å². The molecule has 3 nitrogen and oxygen atoms in total. The Morgan fingerprint density at radius 3 is 0.659 bits per heavy atom. The lowest BCUT2D eigenvalue weighted by atomic mass is 9.93. The van der Waals surface area contributed by atoms with Gasteiger partial charge in [-0.2, -0.15) is 0 Å². The number of benzene rings is 15. The number of rotatable bonds is 14. The molecule has 0 bridgehead atoms. The highest BCUT2D eigenvalue weighted by Gasteiger charge is 2.10. The third-order valence-corrected chi connectivity index (χ3v) is 16.2. The summed E-state index contributed by atoms with van der Waals surface area (Å²) in [5.41, 5.74) is 26.2. The Hall–Kier alpha value is -12.0. The van der Waals surface area contributed by atoms with Gasteiger partial charge in [-0.3, -0.25) is 0 Å². The van der Waals surface area contributed by atoms with Crippen molar-refractivity contribution in [2.75, 3.05) is 16.0 Å². The lowest BCUT2D eigenvalue weighted by Crippen LogP contribution is -1.91. The van der Waals surface area contributed by atoms with Gasteiger partial charge in [-0.1, -0.05) is 303 Å². The molecule has 0 amide bonds. The highest BCUT2D eigenvalue weighted by molar-refractivity contribution is 5.95. The molecule has 434 valence electrons. The SMILES string of the molecule is c1ccc(-c2ccc(-c3ccc(Nc4cccc5ccccc45)cc3)cc2)cc1.c1ccc(Nc2ccc(-c3cc(-c4ccccc4)cc(-c4ccccc4)c3)cc2)cc1.c1ccc(Nc2ccc(-c3ccc(-c4ccc(-c5ccccc5)cc4)cc3)cc2)cc1. The minimum Gasteiger partial charge on any atom is -0.356 e. The largest absolute Gasteiger partial charge is 0.356 e. The van der Waals surface area contributed by atoms with Crippen LogP contribution in [0.25, 0.3) is 99.8 Å². The van der Waals surface area contributed by atoms with Crippen molar-refractivity contribution in [3.63, 3.8) is 0 Å². The molecule has 0 atom stereocenters. The van der Waals surface area contributed by atoms with Gasteiger partial charge in [0.1, 0.15) is 0 Å². The van der Waals surface area contributed by atoms with E-state index in [1.807, 2.05) is 48.5 Å². The predicted octanol–water partition coefficient (Wildman–Crippen LogP) is 24.8. The van der Waals surface area contributed by atoms with E-state index in [0.29, 0.717) is 0 Å². The van der Waals surface area contributed by atoms with E-state index < -0.39 is 0 Å². The van der Waals surface area contributed by atoms with E-state index >= 15 is 0 Å². The average Bonchev–Trinajstić information content (AvgIpc) is 2.53. The summed E-state index contributed by atoms with van der Waals surface area (Å²) in [7, 11) is 0. The minimum absolute atomic E-state index is 1.08. The molecule has 0 radical (unpaired) electrons. The van der Waals surface area contributed by atoms with Gasteiger partial charge in [-0.25, -0.2) is 0 Å². The van der Waals surface area contributed by atoms with E-state index in [9.17, 15) is 0 Å². The number of para-hydroxylation sites is 2. The summed E-state index contributed by atoms with van der Waals surface area (Å²) in [5.74, 6) is 0. The second-order valence-corrected chi connectivity index (χ2v) is 22.4. The maximum atomic E-state index is 3.56. The lowest BCUT2D eigenvalue weighted by molar-refractivity contribution is 1.53. The lowest BCUT2D eigenvalue weighted by Gasteiger charge is -2.12. The van der Waals surface area contributed by atoms with Crippen molar-refractivity contribution in [3.05, 3.63) is 388 Å². The molecule has 15 rings (SSSR count). The smallest absolute Gasteiger partial charge is 0.0463 e. The van der Waals surface area contributed by atoms with Crippen molar-refractivity contribution >= 4 is 44.9 Å². The zero-order valence-electron chi connectivity index (χ0n) is 50.5. The summed E-state index contributed by atoms with van der Waals surface area (Å²) in [6.07, 6.45) is 0. The number of anilines is 6. The van der Waals surface area contributed by atoms with Crippen molar-refractivity contribution in [3.8, 4) is 89.0 Å². The molecule has 0 heterocycles. The van der Waals surface area contributed by atoms with Gasteiger partial charge in [0.05, 0.1) is 0 Å². The van der Waals surface area contributed by atoms with Gasteiger partial charge in [0.2, 0.25) is 0 Å². The van der Waals surface area contributed by atoms with Crippen LogP contribution in [0, 0.1) is 0 Å². The maximum absolute atomic E-state index is 3.56. The Balaban J connectivity index is 0.000000125. The van der Waals surface area contributed by atoms with Gasteiger partial charge in [0.25, 0.3) is 0 Å². The number of nitrogens with one attached hydrogen (secondary N) is 3. The minimum atomic E-state index is 1.08. The van der Waals surface area contributed by atoms with Gasteiger partial charge in [0.15, 0.2) is 0 Å². The third kappa shape index (κ3) is 15.0. The molecule has 0 saturated heterocycles. The van der Waals surface area contributed by atoms with E-state index in [1.165, 1.54) is 99.8 Å². The van der Waals surface area contributed by atoms with E-state index in [1.54, 1.807) is 0 Å². The summed E-state index contributed by atoms with van der Waals surface area (Å²) >= 11 is 0. The molecule has 0 aliphatic heterocycles. The highest BCUT2D eigenvalue weighted by Crippen LogP contribution is 2.35. The molecule has 0 spiro atoms. The van der Waals surface area contributed by atoms with Crippen LogP contribution in [0.15, 0.2) is 388 Å². The first-order valence-electron chi connectivity index (χ1n) is 30.9. The van der Waals surface area contributed by atoms with Crippen LogP contribution in [-0.4, -0.2) is 0 Å². The molecule has 3 heteroatoms. The molecule has 3 N–H and O–H groups in total. The van der Waals surface area contributed by atoms with Crippen LogP contribution in [-0.2, 0) is 0 Å². The Morgan fingerprint density at radius 1 is 0.132 bits per heavy atom. The Morgan fingerprint density at radius 2 is 0.341 bits per heavy atom. The van der Waals surface area contributed by atoms with Gasteiger partial charge in [-0.05, 0) is 179 Å². The second kappa shape index (κ2) is 28.6. The summed E-state index contributed by atoms with van der Waals surface area (Å²) in [5, 5.41) is 12.9. The van der Waals surface area contributed by atoms with E-state index in [4.69, 9.17) is 0 Å². The van der Waals surface area contributed by atoms with Crippen LogP contribution in [0.4, 0.5) is 34.1 Å². The van der Waals surface area contributed by atoms with Gasteiger partial charge < -0.3 is 16.0 Å². The molecule has 0 aliphatic carbocycles. The Bertz CT molecular complexity index is 4650. The molecule has 15 aromatic carbocycles. The van der Waals surface area contributed by atoms with Gasteiger partial charge in [0, 0.05) is 39.5 Å². The van der Waals surface area contributed by atoms with Crippen LogP contribution >= 0.6 is 0 Å². The fraction of sp³-hybridized carbons (Fsp3) is 0. The monoisotopic (exact) mass is 1170 g/mol. The normalized spacial score (nSPS) is 10.6. The molecule has 0 saturated carbocycles. The van der Waals surface area contributed by atoms with E-state index in [-0.39, 0.29) is 0 Å². The average molecular weight is 1170 g/mol. The first kappa shape index (κ1) is 58.0. The zero-order chi connectivity index (χ0) is 61.2. The van der Waals surface area contributed by atoms with Crippen molar-refractivity contribution in [2.24, 2.45) is 0 Å².